The van der Waals surface area contributed by atoms with E-state index in [-0.39, 0.29) is 12.0 Å². The van der Waals surface area contributed by atoms with Crippen LogP contribution in [-0.4, -0.2) is 20.0 Å². The molecule has 0 atom stereocenters. The minimum Gasteiger partial charge on any atom is -0.281 e. The zero-order valence-corrected chi connectivity index (χ0v) is 12.5. The lowest BCUT2D eigenvalue weighted by Gasteiger charge is -2.09. The average molecular weight is 306 g/mol. The van der Waals surface area contributed by atoms with Crippen LogP contribution in [0.1, 0.15) is 25.3 Å². The Kier molecular flexibility index (Phi) is 5.22. The third-order valence-corrected chi connectivity index (χ3v) is 3.19. The molecular weight excluding hydrogens is 290 g/mol. The molecule has 0 aliphatic heterocycles. The Morgan fingerprint density at radius 3 is 2.76 bits per heavy atom. The maximum atomic E-state index is 12.3. The van der Waals surface area contributed by atoms with Gasteiger partial charge in [-0.05, 0) is 42.6 Å². The number of aryl methyl sites for hydroxylation is 2. The summed E-state index contributed by atoms with van der Waals surface area (Å²) in [5.41, 5.74) is 1.68. The third kappa shape index (κ3) is 3.98. The van der Waals surface area contributed by atoms with Crippen molar-refractivity contribution in [3.05, 3.63) is 46.4 Å². The highest BCUT2D eigenvalue weighted by molar-refractivity contribution is 6.63. The number of carbonyl (C=O) groups is 1. The van der Waals surface area contributed by atoms with Crippen LogP contribution in [0.15, 0.2) is 35.3 Å². The van der Waals surface area contributed by atoms with Gasteiger partial charge in [0.1, 0.15) is 5.69 Å². The van der Waals surface area contributed by atoms with Crippen LogP contribution >= 0.6 is 11.6 Å². The average Bonchev–Trinajstić information content (AvgIpc) is 2.49. The lowest BCUT2D eigenvalue weighted by molar-refractivity contribution is -0.111. The number of carbonyl (C=O) groups excluding carboxylic acids is 1. The van der Waals surface area contributed by atoms with Gasteiger partial charge in [0.15, 0.2) is 0 Å². The molecule has 0 saturated carbocycles. The molecule has 0 saturated heterocycles. The fourth-order valence-electron chi connectivity index (χ4n) is 2.01. The van der Waals surface area contributed by atoms with E-state index < -0.39 is 5.24 Å². The summed E-state index contributed by atoms with van der Waals surface area (Å²) in [6.45, 7) is 2.50. The topological polar surface area (TPSA) is 64.8 Å². The number of aromatic nitrogens is 3. The molecule has 110 valence electrons. The Balaban J connectivity index is 2.46. The number of hydrogen-bond acceptors (Lipinski definition) is 4. The van der Waals surface area contributed by atoms with E-state index in [2.05, 4.69) is 10.1 Å². The van der Waals surface area contributed by atoms with E-state index in [1.165, 1.54) is 4.68 Å². The van der Waals surface area contributed by atoms with Gasteiger partial charge in [-0.25, -0.2) is 4.68 Å². The molecule has 0 aliphatic rings. The second-order valence-corrected chi connectivity index (χ2v) is 5.07. The van der Waals surface area contributed by atoms with Crippen LogP contribution in [0.3, 0.4) is 0 Å². The Morgan fingerprint density at radius 2 is 2.14 bits per heavy atom. The van der Waals surface area contributed by atoms with Crippen LogP contribution < -0.4 is 5.56 Å². The SMILES string of the molecule is CCCn1nc(-c2ccccn2)cc(CCC(=O)Cl)c1=O. The van der Waals surface area contributed by atoms with Crippen molar-refractivity contribution in [1.29, 1.82) is 0 Å². The van der Waals surface area contributed by atoms with Crippen molar-refractivity contribution in [2.75, 3.05) is 0 Å². The lowest BCUT2D eigenvalue weighted by atomic mass is 10.1. The van der Waals surface area contributed by atoms with Crippen LogP contribution in [0.4, 0.5) is 0 Å². The molecule has 6 heteroatoms. The van der Waals surface area contributed by atoms with Crippen molar-refractivity contribution in [3.63, 3.8) is 0 Å². The highest BCUT2D eigenvalue weighted by Crippen LogP contribution is 2.14. The van der Waals surface area contributed by atoms with Crippen LogP contribution in [-0.2, 0) is 17.8 Å². The molecule has 5 nitrogen and oxygen atoms in total. The van der Waals surface area contributed by atoms with Crippen molar-refractivity contribution in [1.82, 2.24) is 14.8 Å². The van der Waals surface area contributed by atoms with Gasteiger partial charge in [0.2, 0.25) is 5.24 Å². The number of halogens is 1. The van der Waals surface area contributed by atoms with Crippen molar-refractivity contribution >= 4 is 16.8 Å². The van der Waals surface area contributed by atoms with E-state index in [9.17, 15) is 9.59 Å². The molecule has 2 aromatic rings. The summed E-state index contributed by atoms with van der Waals surface area (Å²) in [7, 11) is 0. The summed E-state index contributed by atoms with van der Waals surface area (Å²) in [6, 6.07) is 7.20. The molecule has 0 unspecified atom stereocenters. The first-order valence-corrected chi connectivity index (χ1v) is 7.20. The van der Waals surface area contributed by atoms with Crippen LogP contribution in [0, 0.1) is 0 Å². The van der Waals surface area contributed by atoms with Crippen LogP contribution in [0.2, 0.25) is 0 Å². The highest BCUT2D eigenvalue weighted by atomic mass is 35.5. The number of pyridine rings is 1. The number of rotatable bonds is 6. The van der Waals surface area contributed by atoms with Gasteiger partial charge in [-0.3, -0.25) is 14.6 Å². The molecule has 0 aliphatic carbocycles. The van der Waals surface area contributed by atoms with E-state index in [0.717, 1.165) is 6.42 Å². The van der Waals surface area contributed by atoms with Crippen LogP contribution in [0.25, 0.3) is 11.4 Å². The molecule has 2 heterocycles. The van der Waals surface area contributed by atoms with E-state index in [4.69, 9.17) is 11.6 Å². The first-order valence-electron chi connectivity index (χ1n) is 6.82. The zero-order valence-electron chi connectivity index (χ0n) is 11.8. The summed E-state index contributed by atoms with van der Waals surface area (Å²) < 4.78 is 1.43. The lowest BCUT2D eigenvalue weighted by Crippen LogP contribution is -2.27. The smallest absolute Gasteiger partial charge is 0.269 e. The molecule has 2 rings (SSSR count). The zero-order chi connectivity index (χ0) is 15.2. The molecule has 2 aromatic heterocycles. The van der Waals surface area contributed by atoms with Gasteiger partial charge in [-0.1, -0.05) is 13.0 Å². The minimum absolute atomic E-state index is 0.134. The highest BCUT2D eigenvalue weighted by Gasteiger charge is 2.11. The standard InChI is InChI=1S/C15H16ClN3O2/c1-2-9-19-15(21)11(6-7-14(16)20)10-13(18-19)12-5-3-4-8-17-12/h3-5,8,10H,2,6-7,9H2,1H3. The van der Waals surface area contributed by atoms with Crippen molar-refractivity contribution in [2.24, 2.45) is 0 Å². The molecule has 0 bridgehead atoms. The molecular formula is C15H16ClN3O2. The molecule has 0 aromatic carbocycles. The Bertz CT molecular complexity index is 683. The second kappa shape index (κ2) is 7.13. The van der Waals surface area contributed by atoms with Gasteiger partial charge in [-0.15, -0.1) is 0 Å². The summed E-state index contributed by atoms with van der Waals surface area (Å²) in [6.07, 6.45) is 2.92. The molecule has 0 spiro atoms. The molecule has 0 fully saturated rings. The predicted octanol–water partition coefficient (Wildman–Crippen LogP) is 2.41. The van der Waals surface area contributed by atoms with Crippen molar-refractivity contribution in [2.45, 2.75) is 32.7 Å². The fourth-order valence-corrected chi connectivity index (χ4v) is 2.11. The van der Waals surface area contributed by atoms with Gasteiger partial charge in [0, 0.05) is 24.7 Å². The second-order valence-electron chi connectivity index (χ2n) is 4.65. The molecule has 0 N–H and O–H groups in total. The number of nitrogens with zero attached hydrogens (tertiary/aromatic N) is 3. The largest absolute Gasteiger partial charge is 0.281 e. The molecule has 0 radical (unpaired) electrons. The maximum Gasteiger partial charge on any atom is 0.269 e. The first kappa shape index (κ1) is 15.4. The summed E-state index contributed by atoms with van der Waals surface area (Å²) in [4.78, 5) is 27.4. The monoisotopic (exact) mass is 305 g/mol. The van der Waals surface area contributed by atoms with Crippen molar-refractivity contribution < 1.29 is 4.79 Å². The number of hydrogen-bond donors (Lipinski definition) is 0. The third-order valence-electron chi connectivity index (χ3n) is 3.00. The first-order chi connectivity index (χ1) is 10.1. The molecule has 0 amide bonds. The van der Waals surface area contributed by atoms with E-state index in [1.54, 1.807) is 12.3 Å². The summed E-state index contributed by atoms with van der Waals surface area (Å²) in [5, 5.41) is 3.89. The molecule has 21 heavy (non-hydrogen) atoms. The summed E-state index contributed by atoms with van der Waals surface area (Å²) in [5.74, 6) is 0. The van der Waals surface area contributed by atoms with Gasteiger partial charge < -0.3 is 0 Å². The Morgan fingerprint density at radius 1 is 1.33 bits per heavy atom. The van der Waals surface area contributed by atoms with Gasteiger partial charge >= 0.3 is 0 Å². The normalized spacial score (nSPS) is 10.6. The Labute approximate surface area is 127 Å². The minimum atomic E-state index is -0.451. The van der Waals surface area contributed by atoms with Crippen molar-refractivity contribution in [3.8, 4) is 11.4 Å². The van der Waals surface area contributed by atoms with Crippen LogP contribution in [0.5, 0.6) is 0 Å². The Hall–Kier alpha value is -2.01. The summed E-state index contributed by atoms with van der Waals surface area (Å²) >= 11 is 5.36. The van der Waals surface area contributed by atoms with Gasteiger partial charge in [0.25, 0.3) is 5.56 Å². The van der Waals surface area contributed by atoms with E-state index in [0.29, 0.717) is 29.9 Å². The predicted molar refractivity (Wildman–Crippen MR) is 81.2 cm³/mol. The fraction of sp³-hybridized carbons (Fsp3) is 0.333. The quantitative estimate of drug-likeness (QED) is 0.769. The van der Waals surface area contributed by atoms with E-state index >= 15 is 0 Å². The van der Waals surface area contributed by atoms with E-state index in [1.807, 2.05) is 25.1 Å². The maximum absolute atomic E-state index is 12.3. The van der Waals surface area contributed by atoms with Gasteiger partial charge in [-0.2, -0.15) is 5.10 Å². The van der Waals surface area contributed by atoms with Gasteiger partial charge in [0.05, 0.1) is 5.69 Å².